The van der Waals surface area contributed by atoms with Crippen molar-refractivity contribution in [2.24, 2.45) is 0 Å². The van der Waals surface area contributed by atoms with Crippen LogP contribution >= 0.6 is 34.2 Å². The summed E-state index contributed by atoms with van der Waals surface area (Å²) in [6, 6.07) is 8.05. The molecule has 0 N–H and O–H groups in total. The Bertz CT molecular complexity index is 439. The molecule has 0 bridgehead atoms. The molecule has 84 valence electrons. The molecule has 1 aliphatic carbocycles. The number of rotatable bonds is 1. The van der Waals surface area contributed by atoms with E-state index in [0.29, 0.717) is 0 Å². The molecule has 1 saturated carbocycles. The van der Waals surface area contributed by atoms with Gasteiger partial charge < -0.3 is 0 Å². The van der Waals surface area contributed by atoms with Gasteiger partial charge in [-0.1, -0.05) is 18.2 Å². The van der Waals surface area contributed by atoms with Gasteiger partial charge in [0.25, 0.3) is 0 Å². The van der Waals surface area contributed by atoms with Crippen LogP contribution in [-0.2, 0) is 4.79 Å². The summed E-state index contributed by atoms with van der Waals surface area (Å²) in [7, 11) is 0. The highest BCUT2D eigenvalue weighted by molar-refractivity contribution is 14.1. The molecular formula is C13H12ClIO. The second kappa shape index (κ2) is 5.32. The Morgan fingerprint density at radius 2 is 2.12 bits per heavy atom. The highest BCUT2D eigenvalue weighted by Gasteiger charge is 2.24. The van der Waals surface area contributed by atoms with Gasteiger partial charge in [0.15, 0.2) is 5.78 Å². The Kier molecular flexibility index (Phi) is 4.03. The molecule has 0 aliphatic heterocycles. The average Bonchev–Trinajstić information content (AvgIpc) is 2.28. The van der Waals surface area contributed by atoms with Crippen molar-refractivity contribution in [2.75, 3.05) is 0 Å². The van der Waals surface area contributed by atoms with Gasteiger partial charge in [-0.3, -0.25) is 4.79 Å². The minimum Gasteiger partial charge on any atom is -0.293 e. The largest absolute Gasteiger partial charge is 0.293 e. The maximum absolute atomic E-state index is 11.8. The molecule has 0 radical (unpaired) electrons. The van der Waals surface area contributed by atoms with E-state index in [9.17, 15) is 4.79 Å². The van der Waals surface area contributed by atoms with Gasteiger partial charge in [0, 0.05) is 3.57 Å². The quantitative estimate of drug-likeness (QED) is 0.426. The SMILES string of the molecule is O=C1C(=Cc2ccccc2I)CCCC1Cl. The van der Waals surface area contributed by atoms with Gasteiger partial charge in [0.2, 0.25) is 0 Å². The van der Waals surface area contributed by atoms with E-state index in [1.165, 1.54) is 0 Å². The van der Waals surface area contributed by atoms with Crippen LogP contribution in [-0.4, -0.2) is 11.2 Å². The van der Waals surface area contributed by atoms with Crippen molar-refractivity contribution in [2.45, 2.75) is 24.6 Å². The molecule has 2 rings (SSSR count). The first-order valence-electron chi connectivity index (χ1n) is 5.32. The van der Waals surface area contributed by atoms with E-state index in [1.54, 1.807) is 0 Å². The van der Waals surface area contributed by atoms with Crippen molar-refractivity contribution in [3.63, 3.8) is 0 Å². The zero-order valence-electron chi connectivity index (χ0n) is 8.75. The zero-order chi connectivity index (χ0) is 11.5. The summed E-state index contributed by atoms with van der Waals surface area (Å²) in [4.78, 5) is 11.8. The van der Waals surface area contributed by atoms with Crippen molar-refractivity contribution in [1.82, 2.24) is 0 Å². The van der Waals surface area contributed by atoms with Crippen molar-refractivity contribution in [1.29, 1.82) is 0 Å². The fourth-order valence-corrected chi connectivity index (χ4v) is 2.69. The Balaban J connectivity index is 2.30. The standard InChI is InChI=1S/C13H12ClIO/c14-11-6-3-5-10(13(11)16)8-9-4-1-2-7-12(9)15/h1-2,4,7-8,11H,3,5-6H2. The van der Waals surface area contributed by atoms with Gasteiger partial charge in [0.1, 0.15) is 0 Å². The first-order chi connectivity index (χ1) is 7.68. The molecule has 0 aromatic heterocycles. The lowest BCUT2D eigenvalue weighted by atomic mass is 9.92. The van der Waals surface area contributed by atoms with E-state index < -0.39 is 0 Å². The number of hydrogen-bond acceptors (Lipinski definition) is 1. The molecule has 1 atom stereocenters. The fourth-order valence-electron chi connectivity index (χ4n) is 1.85. The van der Waals surface area contributed by atoms with Gasteiger partial charge in [-0.25, -0.2) is 0 Å². The molecule has 1 aromatic rings. The smallest absolute Gasteiger partial charge is 0.176 e. The number of benzene rings is 1. The first-order valence-corrected chi connectivity index (χ1v) is 6.83. The van der Waals surface area contributed by atoms with Crippen LogP contribution in [0.3, 0.4) is 0 Å². The number of ketones is 1. The van der Waals surface area contributed by atoms with E-state index in [-0.39, 0.29) is 11.2 Å². The van der Waals surface area contributed by atoms with Crippen LogP contribution in [0.25, 0.3) is 6.08 Å². The Morgan fingerprint density at radius 1 is 1.38 bits per heavy atom. The van der Waals surface area contributed by atoms with Crippen LogP contribution in [0.5, 0.6) is 0 Å². The molecule has 1 aromatic carbocycles. The lowest BCUT2D eigenvalue weighted by Gasteiger charge is -2.17. The Labute approximate surface area is 114 Å². The minimum atomic E-state index is -0.318. The van der Waals surface area contributed by atoms with Gasteiger partial charge >= 0.3 is 0 Å². The second-order valence-electron chi connectivity index (χ2n) is 3.92. The fraction of sp³-hybridized carbons (Fsp3) is 0.308. The monoisotopic (exact) mass is 346 g/mol. The predicted molar refractivity (Wildman–Crippen MR) is 75.6 cm³/mol. The number of carbonyl (C=O) groups excluding carboxylic acids is 1. The summed E-state index contributed by atoms with van der Waals surface area (Å²) >= 11 is 8.26. The predicted octanol–water partition coefficient (Wildman–Crippen LogP) is 4.04. The van der Waals surface area contributed by atoms with Crippen molar-refractivity contribution in [3.05, 3.63) is 39.0 Å². The summed E-state index contributed by atoms with van der Waals surface area (Å²) < 4.78 is 1.16. The molecular weight excluding hydrogens is 334 g/mol. The van der Waals surface area contributed by atoms with Crippen molar-refractivity contribution < 1.29 is 4.79 Å². The highest BCUT2D eigenvalue weighted by Crippen LogP contribution is 2.26. The molecule has 16 heavy (non-hydrogen) atoms. The summed E-state index contributed by atoms with van der Waals surface area (Å²) in [5, 5.41) is -0.318. The molecule has 0 heterocycles. The van der Waals surface area contributed by atoms with Gasteiger partial charge in [-0.15, -0.1) is 11.6 Å². The van der Waals surface area contributed by atoms with Gasteiger partial charge in [0.05, 0.1) is 5.38 Å². The molecule has 1 unspecified atom stereocenters. The molecule has 0 saturated heterocycles. The lowest BCUT2D eigenvalue weighted by molar-refractivity contribution is -0.116. The maximum Gasteiger partial charge on any atom is 0.176 e. The third-order valence-electron chi connectivity index (χ3n) is 2.74. The molecule has 1 fully saturated rings. The number of Topliss-reactive ketones (excluding diaryl/α,β-unsaturated/α-hetero) is 1. The number of alkyl halides is 1. The topological polar surface area (TPSA) is 17.1 Å². The third-order valence-corrected chi connectivity index (χ3v) is 4.14. The van der Waals surface area contributed by atoms with Crippen LogP contribution in [0, 0.1) is 3.57 Å². The van der Waals surface area contributed by atoms with Crippen molar-refractivity contribution in [3.8, 4) is 0 Å². The lowest BCUT2D eigenvalue weighted by Crippen LogP contribution is -2.21. The molecule has 3 heteroatoms. The van der Waals surface area contributed by atoms with E-state index in [4.69, 9.17) is 11.6 Å². The summed E-state index contributed by atoms with van der Waals surface area (Å²) in [5.41, 5.74) is 1.98. The minimum absolute atomic E-state index is 0.104. The third kappa shape index (κ3) is 2.66. The molecule has 0 amide bonds. The van der Waals surface area contributed by atoms with Gasteiger partial charge in [-0.05, 0) is 65.1 Å². The summed E-state index contributed by atoms with van der Waals surface area (Å²) in [6.45, 7) is 0. The van der Waals surface area contributed by atoms with E-state index >= 15 is 0 Å². The average molecular weight is 347 g/mol. The molecule has 1 aliphatic rings. The van der Waals surface area contributed by atoms with E-state index in [2.05, 4.69) is 22.6 Å². The summed E-state index contributed by atoms with van der Waals surface area (Å²) in [6.07, 6.45) is 4.66. The van der Waals surface area contributed by atoms with E-state index in [1.807, 2.05) is 30.3 Å². The van der Waals surface area contributed by atoms with E-state index in [0.717, 1.165) is 34.0 Å². The van der Waals surface area contributed by atoms with Gasteiger partial charge in [-0.2, -0.15) is 0 Å². The number of hydrogen-bond donors (Lipinski definition) is 0. The summed E-state index contributed by atoms with van der Waals surface area (Å²) in [5.74, 6) is 0.104. The second-order valence-corrected chi connectivity index (χ2v) is 5.60. The molecule has 1 nitrogen and oxygen atoms in total. The Morgan fingerprint density at radius 3 is 2.88 bits per heavy atom. The number of halogens is 2. The highest BCUT2D eigenvalue weighted by atomic mass is 127. The molecule has 0 spiro atoms. The van der Waals surface area contributed by atoms with Crippen LogP contribution in [0.4, 0.5) is 0 Å². The van der Waals surface area contributed by atoms with Crippen molar-refractivity contribution >= 4 is 46.1 Å². The van der Waals surface area contributed by atoms with Crippen LogP contribution < -0.4 is 0 Å². The first kappa shape index (κ1) is 12.1. The van der Waals surface area contributed by atoms with Crippen LogP contribution in [0.1, 0.15) is 24.8 Å². The normalized spacial score (nSPS) is 23.8. The number of allylic oxidation sites excluding steroid dienone is 1. The zero-order valence-corrected chi connectivity index (χ0v) is 11.7. The van der Waals surface area contributed by atoms with Crippen LogP contribution in [0.15, 0.2) is 29.8 Å². The van der Waals surface area contributed by atoms with Crippen LogP contribution in [0.2, 0.25) is 0 Å². The Hall–Kier alpha value is -0.350. The number of carbonyl (C=O) groups is 1. The maximum atomic E-state index is 11.8.